The number of nitrogens with one attached hydrogen (secondary N) is 1. The predicted octanol–water partition coefficient (Wildman–Crippen LogP) is 2.04. The first-order chi connectivity index (χ1) is 9.20. The van der Waals surface area contributed by atoms with Crippen LogP contribution in [0.4, 0.5) is 0 Å². The summed E-state index contributed by atoms with van der Waals surface area (Å²) >= 11 is 0. The fraction of sp³-hybridized carbons (Fsp3) is 0.133. The summed E-state index contributed by atoms with van der Waals surface area (Å²) in [4.78, 5) is 0. The number of amidine groups is 1. The highest BCUT2D eigenvalue weighted by molar-refractivity contribution is 5.94. The minimum absolute atomic E-state index is 0.0422. The minimum Gasteiger partial charge on any atom is -0.489 e. The van der Waals surface area contributed by atoms with Gasteiger partial charge in [-0.1, -0.05) is 42.5 Å². The van der Waals surface area contributed by atoms with Crippen LogP contribution in [-0.4, -0.2) is 10.9 Å². The molecule has 98 valence electrons. The van der Waals surface area contributed by atoms with Gasteiger partial charge in [0.05, 0.1) is 6.61 Å². The summed E-state index contributed by atoms with van der Waals surface area (Å²) < 4.78 is 5.67. The standard InChI is InChI=1S/C15H16N2O2/c16-15(17)12-7-5-11(6-8-12)10-19-14-4-2-1-3-13(14)9-18/h1-8,18H,9-10H2,(H3,16,17). The van der Waals surface area contributed by atoms with Crippen LogP contribution in [-0.2, 0) is 13.2 Å². The molecule has 0 amide bonds. The fourth-order valence-electron chi connectivity index (χ4n) is 1.72. The molecule has 0 aliphatic rings. The van der Waals surface area contributed by atoms with Crippen LogP contribution in [0.25, 0.3) is 0 Å². The van der Waals surface area contributed by atoms with Crippen molar-refractivity contribution in [2.45, 2.75) is 13.2 Å². The van der Waals surface area contributed by atoms with Crippen molar-refractivity contribution in [1.29, 1.82) is 5.41 Å². The summed E-state index contributed by atoms with van der Waals surface area (Å²) in [6, 6.07) is 14.7. The van der Waals surface area contributed by atoms with Crippen molar-refractivity contribution >= 4 is 5.84 Å². The third-order valence-electron chi connectivity index (χ3n) is 2.80. The Kier molecular flexibility index (Phi) is 4.15. The Bertz CT molecular complexity index is 565. The van der Waals surface area contributed by atoms with Gasteiger partial charge in [-0.2, -0.15) is 0 Å². The Hall–Kier alpha value is -2.33. The molecule has 0 aliphatic carbocycles. The van der Waals surface area contributed by atoms with E-state index in [-0.39, 0.29) is 12.4 Å². The van der Waals surface area contributed by atoms with E-state index < -0.39 is 0 Å². The maximum absolute atomic E-state index is 9.20. The van der Waals surface area contributed by atoms with E-state index in [2.05, 4.69) is 0 Å². The van der Waals surface area contributed by atoms with E-state index in [1.165, 1.54) is 0 Å². The number of nitrogens with two attached hydrogens (primary N) is 1. The topological polar surface area (TPSA) is 79.3 Å². The van der Waals surface area contributed by atoms with Crippen molar-refractivity contribution in [3.63, 3.8) is 0 Å². The minimum atomic E-state index is -0.0422. The zero-order chi connectivity index (χ0) is 13.7. The summed E-state index contributed by atoms with van der Waals surface area (Å²) in [5.74, 6) is 0.735. The molecule has 2 rings (SSSR count). The summed E-state index contributed by atoms with van der Waals surface area (Å²) in [6.45, 7) is 0.370. The van der Waals surface area contributed by atoms with Gasteiger partial charge >= 0.3 is 0 Å². The maximum Gasteiger partial charge on any atom is 0.125 e. The molecule has 0 atom stereocenters. The molecule has 0 spiro atoms. The zero-order valence-electron chi connectivity index (χ0n) is 10.5. The van der Waals surface area contributed by atoms with Gasteiger partial charge in [-0.05, 0) is 11.6 Å². The van der Waals surface area contributed by atoms with Gasteiger partial charge in [0.2, 0.25) is 0 Å². The molecule has 0 saturated carbocycles. The number of ether oxygens (including phenoxy) is 1. The second-order valence-corrected chi connectivity index (χ2v) is 4.17. The number of para-hydroxylation sites is 1. The second-order valence-electron chi connectivity index (χ2n) is 4.17. The third-order valence-corrected chi connectivity index (χ3v) is 2.80. The van der Waals surface area contributed by atoms with E-state index in [9.17, 15) is 5.11 Å². The van der Waals surface area contributed by atoms with Crippen LogP contribution < -0.4 is 10.5 Å². The van der Waals surface area contributed by atoms with E-state index in [1.54, 1.807) is 12.1 Å². The molecule has 0 radical (unpaired) electrons. The van der Waals surface area contributed by atoms with Crippen LogP contribution in [0, 0.1) is 5.41 Å². The highest BCUT2D eigenvalue weighted by atomic mass is 16.5. The SMILES string of the molecule is N=C(N)c1ccc(COc2ccccc2CO)cc1. The largest absolute Gasteiger partial charge is 0.489 e. The molecular formula is C15H16N2O2. The summed E-state index contributed by atoms with van der Waals surface area (Å²) in [7, 11) is 0. The monoisotopic (exact) mass is 256 g/mol. The Morgan fingerprint density at radius 1 is 1.11 bits per heavy atom. The first-order valence-electron chi connectivity index (χ1n) is 5.95. The Morgan fingerprint density at radius 3 is 2.42 bits per heavy atom. The van der Waals surface area contributed by atoms with Crippen LogP contribution in [0.2, 0.25) is 0 Å². The molecule has 4 heteroatoms. The Labute approximate surface area is 112 Å². The number of aliphatic hydroxyl groups is 1. The van der Waals surface area contributed by atoms with Crippen molar-refractivity contribution in [3.05, 3.63) is 65.2 Å². The fourth-order valence-corrected chi connectivity index (χ4v) is 1.72. The summed E-state index contributed by atoms with van der Waals surface area (Å²) in [6.07, 6.45) is 0. The van der Waals surface area contributed by atoms with Gasteiger partial charge in [0.1, 0.15) is 18.2 Å². The zero-order valence-corrected chi connectivity index (χ0v) is 10.5. The first-order valence-corrected chi connectivity index (χ1v) is 5.95. The van der Waals surface area contributed by atoms with Crippen molar-refractivity contribution in [2.24, 2.45) is 5.73 Å². The summed E-state index contributed by atoms with van der Waals surface area (Å²) in [5, 5.41) is 16.5. The molecule has 4 nitrogen and oxygen atoms in total. The molecule has 0 aromatic heterocycles. The maximum atomic E-state index is 9.20. The van der Waals surface area contributed by atoms with Crippen LogP contribution in [0.15, 0.2) is 48.5 Å². The Morgan fingerprint density at radius 2 is 1.79 bits per heavy atom. The highest BCUT2D eigenvalue weighted by Crippen LogP contribution is 2.19. The van der Waals surface area contributed by atoms with Gasteiger partial charge < -0.3 is 15.6 Å². The average molecular weight is 256 g/mol. The van der Waals surface area contributed by atoms with E-state index >= 15 is 0 Å². The smallest absolute Gasteiger partial charge is 0.125 e. The predicted molar refractivity (Wildman–Crippen MR) is 74.2 cm³/mol. The van der Waals surface area contributed by atoms with Crippen LogP contribution in [0.3, 0.4) is 0 Å². The molecule has 19 heavy (non-hydrogen) atoms. The first kappa shape index (κ1) is 13.1. The lowest BCUT2D eigenvalue weighted by atomic mass is 10.1. The van der Waals surface area contributed by atoms with E-state index in [0.717, 1.165) is 11.1 Å². The molecule has 0 unspecified atom stereocenters. The van der Waals surface area contributed by atoms with E-state index in [4.69, 9.17) is 15.9 Å². The normalized spacial score (nSPS) is 10.2. The van der Waals surface area contributed by atoms with Crippen LogP contribution >= 0.6 is 0 Å². The highest BCUT2D eigenvalue weighted by Gasteiger charge is 2.02. The lowest BCUT2D eigenvalue weighted by Crippen LogP contribution is -2.10. The Balaban J connectivity index is 2.04. The van der Waals surface area contributed by atoms with Crippen molar-refractivity contribution < 1.29 is 9.84 Å². The molecule has 0 heterocycles. The van der Waals surface area contributed by atoms with Crippen molar-refractivity contribution in [2.75, 3.05) is 0 Å². The quantitative estimate of drug-likeness (QED) is 0.565. The van der Waals surface area contributed by atoms with Gasteiger partial charge in [-0.25, -0.2) is 0 Å². The van der Waals surface area contributed by atoms with Gasteiger partial charge in [0, 0.05) is 11.1 Å². The van der Waals surface area contributed by atoms with Crippen molar-refractivity contribution in [1.82, 2.24) is 0 Å². The van der Waals surface area contributed by atoms with Crippen molar-refractivity contribution in [3.8, 4) is 5.75 Å². The van der Waals surface area contributed by atoms with Gasteiger partial charge in [0.25, 0.3) is 0 Å². The second kappa shape index (κ2) is 6.02. The van der Waals surface area contributed by atoms with Crippen LogP contribution in [0.5, 0.6) is 5.75 Å². The number of hydrogen-bond acceptors (Lipinski definition) is 3. The van der Waals surface area contributed by atoms with Gasteiger partial charge in [-0.15, -0.1) is 0 Å². The molecule has 4 N–H and O–H groups in total. The van der Waals surface area contributed by atoms with E-state index in [1.807, 2.05) is 36.4 Å². The third kappa shape index (κ3) is 3.33. The van der Waals surface area contributed by atoms with Crippen LogP contribution in [0.1, 0.15) is 16.7 Å². The molecule has 0 fully saturated rings. The molecule has 0 aliphatic heterocycles. The molecular weight excluding hydrogens is 240 g/mol. The van der Waals surface area contributed by atoms with E-state index in [0.29, 0.717) is 17.9 Å². The molecule has 2 aromatic carbocycles. The lowest BCUT2D eigenvalue weighted by molar-refractivity contribution is 0.259. The number of nitrogen functional groups attached to an aromatic ring is 1. The lowest BCUT2D eigenvalue weighted by Gasteiger charge is -2.10. The number of benzene rings is 2. The molecule has 0 saturated heterocycles. The molecule has 0 bridgehead atoms. The number of rotatable bonds is 5. The number of hydrogen-bond donors (Lipinski definition) is 3. The number of aliphatic hydroxyl groups excluding tert-OH is 1. The molecule has 2 aromatic rings. The van der Waals surface area contributed by atoms with Gasteiger partial charge in [0.15, 0.2) is 0 Å². The average Bonchev–Trinajstić information content (AvgIpc) is 2.45. The van der Waals surface area contributed by atoms with Gasteiger partial charge in [-0.3, -0.25) is 5.41 Å². The summed E-state index contributed by atoms with van der Waals surface area (Å²) in [5.41, 5.74) is 7.84.